The number of rotatable bonds is 5. The van der Waals surface area contributed by atoms with Gasteiger partial charge in [0.25, 0.3) is 5.91 Å². The van der Waals surface area contributed by atoms with E-state index in [2.05, 4.69) is 20.8 Å². The monoisotopic (exact) mass is 302 g/mol. The molecule has 0 atom stereocenters. The standard InChI is InChI=1S/C15H18N4O3/c20-14(8-16-15(21)11-5-6-22-9-11)17-13-7-12(18-19-13)10-3-1-2-4-10/h5-7,9-10H,1-4,8H2,(H,16,21)(H2,17,18,19,20). The second-order valence-corrected chi connectivity index (χ2v) is 5.43. The molecular formula is C15H18N4O3. The summed E-state index contributed by atoms with van der Waals surface area (Å²) in [6.45, 7) is -0.115. The molecule has 22 heavy (non-hydrogen) atoms. The Bertz CT molecular complexity index is 642. The number of hydrogen-bond donors (Lipinski definition) is 3. The van der Waals surface area contributed by atoms with E-state index in [1.807, 2.05) is 6.07 Å². The van der Waals surface area contributed by atoms with E-state index in [1.54, 1.807) is 0 Å². The van der Waals surface area contributed by atoms with Gasteiger partial charge in [-0.25, -0.2) is 0 Å². The molecule has 7 nitrogen and oxygen atoms in total. The van der Waals surface area contributed by atoms with Crippen LogP contribution in [-0.2, 0) is 4.79 Å². The van der Waals surface area contributed by atoms with Gasteiger partial charge in [-0.2, -0.15) is 5.10 Å². The Morgan fingerprint density at radius 1 is 1.36 bits per heavy atom. The molecule has 0 aromatic carbocycles. The average molecular weight is 302 g/mol. The topological polar surface area (TPSA) is 100 Å². The summed E-state index contributed by atoms with van der Waals surface area (Å²) in [7, 11) is 0. The first-order valence-corrected chi connectivity index (χ1v) is 7.38. The molecule has 0 radical (unpaired) electrons. The Hall–Kier alpha value is -2.57. The number of nitrogens with zero attached hydrogens (tertiary/aromatic N) is 1. The van der Waals surface area contributed by atoms with E-state index in [1.165, 1.54) is 31.4 Å². The Balaban J connectivity index is 1.48. The number of H-pyrrole nitrogens is 1. The minimum atomic E-state index is -0.349. The van der Waals surface area contributed by atoms with E-state index in [9.17, 15) is 9.59 Å². The summed E-state index contributed by atoms with van der Waals surface area (Å²) in [5.41, 5.74) is 1.45. The molecule has 3 N–H and O–H groups in total. The summed E-state index contributed by atoms with van der Waals surface area (Å²) < 4.78 is 4.81. The molecule has 2 aromatic rings. The minimum Gasteiger partial charge on any atom is -0.472 e. The Kier molecular flexibility index (Phi) is 4.22. The molecular weight excluding hydrogens is 284 g/mol. The van der Waals surface area contributed by atoms with Gasteiger partial charge in [0.05, 0.1) is 18.4 Å². The van der Waals surface area contributed by atoms with Crippen molar-refractivity contribution < 1.29 is 14.0 Å². The molecule has 2 aromatic heterocycles. The molecule has 1 saturated carbocycles. The SMILES string of the molecule is O=C(CNC(=O)c1ccoc1)Nc1cc(C2CCCC2)[nH]n1. The summed E-state index contributed by atoms with van der Waals surface area (Å²) in [6.07, 6.45) is 7.54. The van der Waals surface area contributed by atoms with Gasteiger partial charge in [0, 0.05) is 17.7 Å². The van der Waals surface area contributed by atoms with Crippen LogP contribution >= 0.6 is 0 Å². The van der Waals surface area contributed by atoms with Gasteiger partial charge in [0.1, 0.15) is 6.26 Å². The van der Waals surface area contributed by atoms with Gasteiger partial charge >= 0.3 is 0 Å². The maximum Gasteiger partial charge on any atom is 0.254 e. The highest BCUT2D eigenvalue weighted by Crippen LogP contribution is 2.33. The van der Waals surface area contributed by atoms with Gasteiger partial charge in [-0.05, 0) is 18.9 Å². The van der Waals surface area contributed by atoms with Crippen LogP contribution in [0.4, 0.5) is 5.82 Å². The lowest BCUT2D eigenvalue weighted by Gasteiger charge is -2.04. The summed E-state index contributed by atoms with van der Waals surface area (Å²) in [4.78, 5) is 23.5. The van der Waals surface area contributed by atoms with E-state index in [0.717, 1.165) is 18.5 Å². The van der Waals surface area contributed by atoms with E-state index in [4.69, 9.17) is 4.42 Å². The van der Waals surface area contributed by atoms with Gasteiger partial charge < -0.3 is 15.1 Å². The van der Waals surface area contributed by atoms with Crippen molar-refractivity contribution in [3.8, 4) is 0 Å². The first-order chi connectivity index (χ1) is 10.7. The van der Waals surface area contributed by atoms with Crippen LogP contribution in [0.15, 0.2) is 29.1 Å². The van der Waals surface area contributed by atoms with E-state index >= 15 is 0 Å². The van der Waals surface area contributed by atoms with Crippen LogP contribution in [0.3, 0.4) is 0 Å². The fourth-order valence-electron chi connectivity index (χ4n) is 2.69. The molecule has 3 rings (SSSR count). The van der Waals surface area contributed by atoms with E-state index < -0.39 is 0 Å². The van der Waals surface area contributed by atoms with Crippen molar-refractivity contribution in [2.75, 3.05) is 11.9 Å². The quantitative estimate of drug-likeness (QED) is 0.786. The van der Waals surface area contributed by atoms with Gasteiger partial charge in [-0.3, -0.25) is 14.7 Å². The molecule has 0 unspecified atom stereocenters. The van der Waals surface area contributed by atoms with Crippen molar-refractivity contribution >= 4 is 17.6 Å². The number of anilines is 1. The zero-order chi connectivity index (χ0) is 15.4. The van der Waals surface area contributed by atoms with E-state index in [0.29, 0.717) is 17.3 Å². The average Bonchev–Trinajstić information content (AvgIpc) is 3.23. The molecule has 2 heterocycles. The summed E-state index contributed by atoms with van der Waals surface area (Å²) in [6, 6.07) is 3.40. The molecule has 0 bridgehead atoms. The number of aromatic amines is 1. The molecule has 0 spiro atoms. The maximum absolute atomic E-state index is 11.8. The first kappa shape index (κ1) is 14.4. The van der Waals surface area contributed by atoms with Crippen LogP contribution in [0.1, 0.15) is 47.7 Å². The van der Waals surface area contributed by atoms with Crippen LogP contribution in [0.2, 0.25) is 0 Å². The second-order valence-electron chi connectivity index (χ2n) is 5.43. The Morgan fingerprint density at radius 2 is 2.18 bits per heavy atom. The zero-order valence-corrected chi connectivity index (χ0v) is 12.1. The molecule has 0 saturated heterocycles. The number of aromatic nitrogens is 2. The number of carbonyl (C=O) groups is 2. The van der Waals surface area contributed by atoms with Crippen LogP contribution in [0.25, 0.3) is 0 Å². The van der Waals surface area contributed by atoms with Gasteiger partial charge in [0.15, 0.2) is 5.82 Å². The summed E-state index contributed by atoms with van der Waals surface area (Å²) in [5.74, 6) is 0.335. The zero-order valence-electron chi connectivity index (χ0n) is 12.1. The van der Waals surface area contributed by atoms with Crippen molar-refractivity contribution in [2.45, 2.75) is 31.6 Å². The van der Waals surface area contributed by atoms with Gasteiger partial charge in [-0.15, -0.1) is 0 Å². The molecule has 2 amide bonds. The largest absolute Gasteiger partial charge is 0.472 e. The normalized spacial score (nSPS) is 14.9. The van der Waals surface area contributed by atoms with E-state index in [-0.39, 0.29) is 18.4 Å². The van der Waals surface area contributed by atoms with Gasteiger partial charge in [-0.1, -0.05) is 12.8 Å². The molecule has 0 aliphatic heterocycles. The van der Waals surface area contributed by atoms with Crippen molar-refractivity contribution in [1.82, 2.24) is 15.5 Å². The van der Waals surface area contributed by atoms with Crippen LogP contribution in [0.5, 0.6) is 0 Å². The third-order valence-corrected chi connectivity index (χ3v) is 3.85. The summed E-state index contributed by atoms with van der Waals surface area (Å²) in [5, 5.41) is 12.3. The highest BCUT2D eigenvalue weighted by molar-refractivity contribution is 5.98. The lowest BCUT2D eigenvalue weighted by Crippen LogP contribution is -2.32. The van der Waals surface area contributed by atoms with Crippen LogP contribution in [-0.4, -0.2) is 28.6 Å². The van der Waals surface area contributed by atoms with Crippen LogP contribution in [0, 0.1) is 0 Å². The number of furan rings is 1. The second kappa shape index (κ2) is 6.46. The lowest BCUT2D eigenvalue weighted by molar-refractivity contribution is -0.115. The third kappa shape index (κ3) is 3.36. The predicted octanol–water partition coefficient (Wildman–Crippen LogP) is 2.03. The molecule has 1 aliphatic carbocycles. The van der Waals surface area contributed by atoms with Crippen molar-refractivity contribution in [1.29, 1.82) is 0 Å². The lowest BCUT2D eigenvalue weighted by atomic mass is 10.0. The third-order valence-electron chi connectivity index (χ3n) is 3.85. The summed E-state index contributed by atoms with van der Waals surface area (Å²) >= 11 is 0. The Labute approximate surface area is 127 Å². The number of nitrogens with one attached hydrogen (secondary N) is 3. The van der Waals surface area contributed by atoms with Gasteiger partial charge in [0.2, 0.25) is 5.91 Å². The van der Waals surface area contributed by atoms with Crippen molar-refractivity contribution in [3.05, 3.63) is 35.9 Å². The first-order valence-electron chi connectivity index (χ1n) is 7.38. The maximum atomic E-state index is 11.8. The van der Waals surface area contributed by atoms with Crippen LogP contribution < -0.4 is 10.6 Å². The van der Waals surface area contributed by atoms with Crippen molar-refractivity contribution in [2.24, 2.45) is 0 Å². The highest BCUT2D eigenvalue weighted by atomic mass is 16.3. The fraction of sp³-hybridized carbons (Fsp3) is 0.400. The molecule has 1 fully saturated rings. The highest BCUT2D eigenvalue weighted by Gasteiger charge is 2.19. The molecule has 116 valence electrons. The molecule has 1 aliphatic rings. The van der Waals surface area contributed by atoms with Crippen molar-refractivity contribution in [3.63, 3.8) is 0 Å². The minimum absolute atomic E-state index is 0.115. The Morgan fingerprint density at radius 3 is 2.91 bits per heavy atom. The number of hydrogen-bond acceptors (Lipinski definition) is 4. The number of amides is 2. The fourth-order valence-corrected chi connectivity index (χ4v) is 2.69. The smallest absolute Gasteiger partial charge is 0.254 e. The molecule has 7 heteroatoms. The predicted molar refractivity (Wildman–Crippen MR) is 79.5 cm³/mol. The number of carbonyl (C=O) groups excluding carboxylic acids is 2.